The van der Waals surface area contributed by atoms with Gasteiger partial charge in [-0.1, -0.05) is 13.8 Å². The van der Waals surface area contributed by atoms with Gasteiger partial charge in [-0.25, -0.2) is 4.98 Å². The van der Waals surface area contributed by atoms with E-state index in [2.05, 4.69) is 28.7 Å². The fourth-order valence-corrected chi connectivity index (χ4v) is 1.87. The van der Waals surface area contributed by atoms with E-state index in [1.54, 1.807) is 6.26 Å². The summed E-state index contributed by atoms with van der Waals surface area (Å²) in [7, 11) is 0. The van der Waals surface area contributed by atoms with Crippen molar-refractivity contribution in [1.29, 1.82) is 0 Å². The van der Waals surface area contributed by atoms with E-state index in [1.807, 2.05) is 24.7 Å². The van der Waals surface area contributed by atoms with Crippen LogP contribution >= 0.6 is 0 Å². The topological polar surface area (TPSA) is 43.0 Å². The number of rotatable bonds is 7. The molecule has 0 fully saturated rings. The molecule has 2 rings (SSSR count). The quantitative estimate of drug-likeness (QED) is 0.817. The second kappa shape index (κ2) is 6.40. The molecule has 1 N–H and O–H groups in total. The molecule has 98 valence electrons. The van der Waals surface area contributed by atoms with Gasteiger partial charge >= 0.3 is 0 Å². The summed E-state index contributed by atoms with van der Waals surface area (Å²) in [5.41, 5.74) is 1.22. The van der Waals surface area contributed by atoms with E-state index < -0.39 is 0 Å². The van der Waals surface area contributed by atoms with Crippen LogP contribution in [0.15, 0.2) is 35.3 Å². The Hall–Kier alpha value is -1.55. The maximum atomic E-state index is 5.33. The smallest absolute Gasteiger partial charge is 0.105 e. The third kappa shape index (κ3) is 3.74. The van der Waals surface area contributed by atoms with Gasteiger partial charge in [-0.2, -0.15) is 0 Å². The summed E-state index contributed by atoms with van der Waals surface area (Å²) in [6.45, 7) is 7.23. The minimum absolute atomic E-state index is 0.671. The van der Waals surface area contributed by atoms with E-state index in [0.29, 0.717) is 5.92 Å². The van der Waals surface area contributed by atoms with Crippen LogP contribution in [0.25, 0.3) is 0 Å². The van der Waals surface area contributed by atoms with E-state index in [-0.39, 0.29) is 0 Å². The van der Waals surface area contributed by atoms with Crippen molar-refractivity contribution in [2.75, 3.05) is 6.54 Å². The molecule has 0 unspecified atom stereocenters. The number of nitrogens with zero attached hydrogens (tertiary/aromatic N) is 2. The maximum Gasteiger partial charge on any atom is 0.105 e. The monoisotopic (exact) mass is 247 g/mol. The largest absolute Gasteiger partial charge is 0.469 e. The van der Waals surface area contributed by atoms with Gasteiger partial charge in [0.1, 0.15) is 5.76 Å². The highest BCUT2D eigenvalue weighted by molar-refractivity contribution is 5.01. The lowest BCUT2D eigenvalue weighted by Crippen LogP contribution is -2.21. The number of furan rings is 1. The lowest BCUT2D eigenvalue weighted by atomic mass is 10.2. The molecule has 0 amide bonds. The van der Waals surface area contributed by atoms with E-state index in [1.165, 1.54) is 5.69 Å². The number of nitrogens with one attached hydrogen (secondary N) is 1. The summed E-state index contributed by atoms with van der Waals surface area (Å²) < 4.78 is 7.51. The fraction of sp³-hybridized carbons (Fsp3) is 0.500. The van der Waals surface area contributed by atoms with Crippen molar-refractivity contribution in [2.24, 2.45) is 5.92 Å². The second-order valence-corrected chi connectivity index (χ2v) is 4.93. The number of hydrogen-bond donors (Lipinski definition) is 1. The maximum absolute atomic E-state index is 5.33. The number of aryl methyl sites for hydroxylation is 2. The Kier molecular flexibility index (Phi) is 4.59. The Labute approximate surface area is 108 Å². The average molecular weight is 247 g/mol. The van der Waals surface area contributed by atoms with Crippen LogP contribution in [0.2, 0.25) is 0 Å². The van der Waals surface area contributed by atoms with Gasteiger partial charge in [-0.15, -0.1) is 0 Å². The van der Waals surface area contributed by atoms with Crippen LogP contribution in [0.4, 0.5) is 0 Å². The molecule has 0 aliphatic heterocycles. The third-order valence-corrected chi connectivity index (χ3v) is 2.84. The molecule has 0 saturated heterocycles. The number of hydrogen-bond acceptors (Lipinski definition) is 3. The minimum atomic E-state index is 0.671. The van der Waals surface area contributed by atoms with Crippen molar-refractivity contribution >= 4 is 0 Å². The summed E-state index contributed by atoms with van der Waals surface area (Å²) in [5.74, 6) is 1.69. The van der Waals surface area contributed by atoms with Crippen LogP contribution in [0.3, 0.4) is 0 Å². The van der Waals surface area contributed by atoms with E-state index in [4.69, 9.17) is 4.42 Å². The third-order valence-electron chi connectivity index (χ3n) is 2.84. The lowest BCUT2D eigenvalue weighted by molar-refractivity contribution is 0.483. The number of aromatic nitrogens is 2. The van der Waals surface area contributed by atoms with Crippen molar-refractivity contribution in [2.45, 2.75) is 33.4 Å². The van der Waals surface area contributed by atoms with E-state index in [0.717, 1.165) is 31.8 Å². The molecule has 2 aromatic rings. The first kappa shape index (κ1) is 12.9. The van der Waals surface area contributed by atoms with Crippen LogP contribution < -0.4 is 5.32 Å². The van der Waals surface area contributed by atoms with Crippen molar-refractivity contribution in [3.8, 4) is 0 Å². The Balaban J connectivity index is 1.83. The highest BCUT2D eigenvalue weighted by Crippen LogP contribution is 2.05. The Morgan fingerprint density at radius 3 is 3.06 bits per heavy atom. The Morgan fingerprint density at radius 1 is 1.44 bits per heavy atom. The molecule has 2 aromatic heterocycles. The predicted molar refractivity (Wildman–Crippen MR) is 71.2 cm³/mol. The first-order chi connectivity index (χ1) is 8.75. The Morgan fingerprint density at radius 2 is 2.33 bits per heavy atom. The van der Waals surface area contributed by atoms with Crippen LogP contribution in [-0.2, 0) is 19.5 Å². The van der Waals surface area contributed by atoms with Gasteiger partial charge in [0.15, 0.2) is 0 Å². The van der Waals surface area contributed by atoms with Gasteiger partial charge < -0.3 is 14.3 Å². The van der Waals surface area contributed by atoms with Crippen molar-refractivity contribution < 1.29 is 4.42 Å². The zero-order valence-corrected chi connectivity index (χ0v) is 11.1. The molecule has 0 bridgehead atoms. The zero-order chi connectivity index (χ0) is 12.8. The van der Waals surface area contributed by atoms with Crippen LogP contribution in [0.1, 0.15) is 25.3 Å². The molecule has 18 heavy (non-hydrogen) atoms. The molecule has 0 saturated carbocycles. The highest BCUT2D eigenvalue weighted by atomic mass is 16.3. The molecule has 4 heteroatoms. The van der Waals surface area contributed by atoms with Crippen molar-refractivity contribution in [3.05, 3.63) is 42.4 Å². The molecule has 0 radical (unpaired) electrons. The molecular formula is C14H21N3O. The first-order valence-corrected chi connectivity index (χ1v) is 6.48. The predicted octanol–water partition coefficient (Wildman–Crippen LogP) is 2.46. The van der Waals surface area contributed by atoms with E-state index >= 15 is 0 Å². The minimum Gasteiger partial charge on any atom is -0.469 e. The lowest BCUT2D eigenvalue weighted by Gasteiger charge is -2.10. The zero-order valence-electron chi connectivity index (χ0n) is 11.1. The molecule has 0 atom stereocenters. The van der Waals surface area contributed by atoms with Crippen molar-refractivity contribution in [1.82, 2.24) is 14.9 Å². The van der Waals surface area contributed by atoms with Gasteiger partial charge in [-0.05, 0) is 24.6 Å². The molecular weight excluding hydrogens is 226 g/mol. The van der Waals surface area contributed by atoms with E-state index in [9.17, 15) is 0 Å². The van der Waals surface area contributed by atoms with Gasteiger partial charge in [0.05, 0.1) is 18.3 Å². The SMILES string of the molecule is CC(C)CNCc1cncn1CCc1ccco1. The molecule has 0 aliphatic carbocycles. The molecule has 0 spiro atoms. The average Bonchev–Trinajstić information content (AvgIpc) is 2.96. The first-order valence-electron chi connectivity index (χ1n) is 6.48. The molecule has 0 aromatic carbocycles. The highest BCUT2D eigenvalue weighted by Gasteiger charge is 2.03. The summed E-state index contributed by atoms with van der Waals surface area (Å²) in [4.78, 5) is 4.21. The molecule has 0 aliphatic rings. The van der Waals surface area contributed by atoms with Gasteiger partial charge in [0, 0.05) is 25.7 Å². The molecule has 4 nitrogen and oxygen atoms in total. The fourth-order valence-electron chi connectivity index (χ4n) is 1.87. The second-order valence-electron chi connectivity index (χ2n) is 4.93. The van der Waals surface area contributed by atoms with Gasteiger partial charge in [0.25, 0.3) is 0 Å². The summed E-state index contributed by atoms with van der Waals surface area (Å²) in [6.07, 6.45) is 6.43. The molecule has 2 heterocycles. The standard InChI is InChI=1S/C14H21N3O/c1-12(2)8-15-9-13-10-16-11-17(13)6-5-14-4-3-7-18-14/h3-4,7,10-12,15H,5-6,8-9H2,1-2H3. The van der Waals surface area contributed by atoms with Crippen LogP contribution in [-0.4, -0.2) is 16.1 Å². The van der Waals surface area contributed by atoms with Crippen LogP contribution in [0.5, 0.6) is 0 Å². The van der Waals surface area contributed by atoms with Gasteiger partial charge in [0.2, 0.25) is 0 Å². The van der Waals surface area contributed by atoms with Crippen LogP contribution in [0, 0.1) is 5.92 Å². The number of imidazole rings is 1. The normalized spacial score (nSPS) is 11.3. The summed E-state index contributed by atoms with van der Waals surface area (Å²) in [5, 5.41) is 3.44. The summed E-state index contributed by atoms with van der Waals surface area (Å²) in [6, 6.07) is 3.93. The Bertz CT molecular complexity index is 445. The van der Waals surface area contributed by atoms with Crippen molar-refractivity contribution in [3.63, 3.8) is 0 Å². The summed E-state index contributed by atoms with van der Waals surface area (Å²) >= 11 is 0. The van der Waals surface area contributed by atoms with Gasteiger partial charge in [-0.3, -0.25) is 0 Å².